The molecule has 2 rings (SSSR count). The summed E-state index contributed by atoms with van der Waals surface area (Å²) in [5, 5.41) is 9.96. The lowest BCUT2D eigenvalue weighted by atomic mass is 10.2. The van der Waals surface area contributed by atoms with E-state index in [9.17, 15) is 9.90 Å². The fraction of sp³-hybridized carbons (Fsp3) is 0.526. The molecule has 0 aliphatic carbocycles. The summed E-state index contributed by atoms with van der Waals surface area (Å²) in [6.45, 7) is 8.74. The van der Waals surface area contributed by atoms with E-state index in [1.165, 1.54) is 0 Å². The second-order valence-corrected chi connectivity index (χ2v) is 6.35. The van der Waals surface area contributed by atoms with E-state index in [1.54, 1.807) is 11.0 Å². The van der Waals surface area contributed by atoms with Gasteiger partial charge in [0.1, 0.15) is 0 Å². The van der Waals surface area contributed by atoms with E-state index < -0.39 is 6.10 Å². The van der Waals surface area contributed by atoms with Gasteiger partial charge in [-0.3, -0.25) is 14.6 Å². The van der Waals surface area contributed by atoms with Crippen molar-refractivity contribution in [2.24, 2.45) is 0 Å². The molecule has 1 heterocycles. The average molecular weight is 347 g/mol. The van der Waals surface area contributed by atoms with Crippen molar-refractivity contribution in [2.45, 2.75) is 6.10 Å². The van der Waals surface area contributed by atoms with Gasteiger partial charge in [0.05, 0.1) is 25.9 Å². The zero-order valence-corrected chi connectivity index (χ0v) is 15.0. The number of carbonyl (C=O) groups excluding carboxylic acids is 1. The molecule has 1 fully saturated rings. The third kappa shape index (κ3) is 6.59. The Balaban J connectivity index is 1.69. The minimum absolute atomic E-state index is 0.0949. The van der Waals surface area contributed by atoms with Crippen LogP contribution < -0.4 is 4.90 Å². The molecule has 1 aromatic carbocycles. The van der Waals surface area contributed by atoms with Crippen molar-refractivity contribution in [2.75, 3.05) is 64.4 Å². The van der Waals surface area contributed by atoms with Gasteiger partial charge in [0.25, 0.3) is 0 Å². The maximum Gasteiger partial charge on any atom is 0.240 e. The Bertz CT molecular complexity index is 530. The van der Waals surface area contributed by atoms with Gasteiger partial charge in [-0.15, -0.1) is 6.58 Å². The number of benzene rings is 1. The molecule has 1 unspecified atom stereocenters. The first-order valence-electron chi connectivity index (χ1n) is 8.73. The number of likely N-dealkylation sites (N-methyl/N-ethyl adjacent to an activating group) is 1. The van der Waals surface area contributed by atoms with Gasteiger partial charge < -0.3 is 14.7 Å². The summed E-state index contributed by atoms with van der Waals surface area (Å²) in [6.07, 6.45) is 1.19. The van der Waals surface area contributed by atoms with Crippen molar-refractivity contribution in [1.82, 2.24) is 9.80 Å². The number of hydrogen-bond acceptors (Lipinski definition) is 5. The SMILES string of the molecule is C=CCOCC(O)CN1CCN(CC(=O)N(C)c2ccccc2)CC1. The molecule has 1 aliphatic heterocycles. The zero-order valence-electron chi connectivity index (χ0n) is 15.0. The molecule has 0 radical (unpaired) electrons. The molecule has 1 aromatic rings. The molecule has 1 saturated heterocycles. The average Bonchev–Trinajstić information content (AvgIpc) is 2.63. The van der Waals surface area contributed by atoms with Gasteiger partial charge in [0.2, 0.25) is 5.91 Å². The highest BCUT2D eigenvalue weighted by Gasteiger charge is 2.22. The van der Waals surface area contributed by atoms with Crippen molar-refractivity contribution in [1.29, 1.82) is 0 Å². The molecule has 25 heavy (non-hydrogen) atoms. The van der Waals surface area contributed by atoms with E-state index >= 15 is 0 Å². The van der Waals surface area contributed by atoms with E-state index in [1.807, 2.05) is 37.4 Å². The molecule has 0 spiro atoms. The Morgan fingerprint density at radius 2 is 1.92 bits per heavy atom. The summed E-state index contributed by atoms with van der Waals surface area (Å²) in [4.78, 5) is 18.5. The van der Waals surface area contributed by atoms with Crippen LogP contribution in [0.2, 0.25) is 0 Å². The molecule has 0 bridgehead atoms. The normalized spacial score (nSPS) is 17.2. The minimum atomic E-state index is -0.489. The van der Waals surface area contributed by atoms with Crippen molar-refractivity contribution >= 4 is 11.6 Å². The predicted octanol–water partition coefficient (Wildman–Crippen LogP) is 0.831. The topological polar surface area (TPSA) is 56.3 Å². The van der Waals surface area contributed by atoms with Gasteiger partial charge >= 0.3 is 0 Å². The molecule has 6 nitrogen and oxygen atoms in total. The maximum atomic E-state index is 12.4. The number of anilines is 1. The van der Waals surface area contributed by atoms with Gasteiger partial charge in [0, 0.05) is 45.5 Å². The van der Waals surface area contributed by atoms with E-state index in [0.29, 0.717) is 26.3 Å². The summed E-state index contributed by atoms with van der Waals surface area (Å²) < 4.78 is 5.27. The number of rotatable bonds is 9. The molecular formula is C19H29N3O3. The van der Waals surface area contributed by atoms with Crippen LogP contribution in [0.15, 0.2) is 43.0 Å². The van der Waals surface area contributed by atoms with Crippen LogP contribution in [0.5, 0.6) is 0 Å². The quantitative estimate of drug-likeness (QED) is 0.530. The summed E-state index contributed by atoms with van der Waals surface area (Å²) >= 11 is 0. The van der Waals surface area contributed by atoms with Crippen LogP contribution in [-0.2, 0) is 9.53 Å². The van der Waals surface area contributed by atoms with Gasteiger partial charge in [-0.1, -0.05) is 24.3 Å². The van der Waals surface area contributed by atoms with Crippen molar-refractivity contribution < 1.29 is 14.6 Å². The molecule has 0 saturated carbocycles. The standard InChI is InChI=1S/C19H29N3O3/c1-3-13-25-16-18(23)14-21-9-11-22(12-10-21)15-19(24)20(2)17-7-5-4-6-8-17/h3-8,18,23H,1,9-16H2,2H3. The van der Waals surface area contributed by atoms with Crippen LogP contribution in [0.25, 0.3) is 0 Å². The Labute approximate surface area is 150 Å². The number of ether oxygens (including phenoxy) is 1. The third-order valence-corrected chi connectivity index (χ3v) is 4.36. The van der Waals surface area contributed by atoms with Gasteiger partial charge in [-0.05, 0) is 12.1 Å². The molecule has 1 amide bonds. The number of hydrogen-bond donors (Lipinski definition) is 1. The fourth-order valence-corrected chi connectivity index (χ4v) is 2.86. The summed E-state index contributed by atoms with van der Waals surface area (Å²) in [6, 6.07) is 9.68. The second kappa shape index (κ2) is 10.3. The number of para-hydroxylation sites is 1. The van der Waals surface area contributed by atoms with Gasteiger partial charge in [-0.25, -0.2) is 0 Å². The number of carbonyl (C=O) groups is 1. The van der Waals surface area contributed by atoms with E-state index in [0.717, 1.165) is 31.9 Å². The highest BCUT2D eigenvalue weighted by Crippen LogP contribution is 2.12. The maximum absolute atomic E-state index is 12.4. The molecule has 138 valence electrons. The summed E-state index contributed by atoms with van der Waals surface area (Å²) in [5.74, 6) is 0.0949. The largest absolute Gasteiger partial charge is 0.389 e. The number of nitrogens with zero attached hydrogens (tertiary/aromatic N) is 3. The first kappa shape index (κ1) is 19.6. The first-order valence-corrected chi connectivity index (χ1v) is 8.73. The van der Waals surface area contributed by atoms with Crippen LogP contribution in [0.3, 0.4) is 0 Å². The number of aliphatic hydroxyl groups excluding tert-OH is 1. The Morgan fingerprint density at radius 3 is 2.56 bits per heavy atom. The summed E-state index contributed by atoms with van der Waals surface area (Å²) in [7, 11) is 1.81. The van der Waals surface area contributed by atoms with E-state index in [2.05, 4.69) is 16.4 Å². The van der Waals surface area contributed by atoms with Crippen molar-refractivity contribution in [3.63, 3.8) is 0 Å². The second-order valence-electron chi connectivity index (χ2n) is 6.35. The minimum Gasteiger partial charge on any atom is -0.389 e. The summed E-state index contributed by atoms with van der Waals surface area (Å²) in [5.41, 5.74) is 0.911. The van der Waals surface area contributed by atoms with Gasteiger partial charge in [0.15, 0.2) is 0 Å². The number of β-amino-alcohol motifs (C(OH)–C–C–N with tert-alkyl or cyclic N) is 1. The lowest BCUT2D eigenvalue weighted by molar-refractivity contribution is -0.120. The van der Waals surface area contributed by atoms with Crippen LogP contribution in [-0.4, -0.2) is 86.4 Å². The predicted molar refractivity (Wildman–Crippen MR) is 99.8 cm³/mol. The van der Waals surface area contributed by atoms with Crippen molar-refractivity contribution in [3.8, 4) is 0 Å². The fourth-order valence-electron chi connectivity index (χ4n) is 2.86. The molecular weight excluding hydrogens is 318 g/mol. The molecule has 1 atom stereocenters. The molecule has 1 aliphatic rings. The molecule has 1 N–H and O–H groups in total. The number of amides is 1. The lowest BCUT2D eigenvalue weighted by Gasteiger charge is -2.35. The molecule has 6 heteroatoms. The third-order valence-electron chi connectivity index (χ3n) is 4.36. The van der Waals surface area contributed by atoms with Crippen molar-refractivity contribution in [3.05, 3.63) is 43.0 Å². The monoisotopic (exact) mass is 347 g/mol. The highest BCUT2D eigenvalue weighted by molar-refractivity contribution is 5.94. The van der Waals surface area contributed by atoms with Gasteiger partial charge in [-0.2, -0.15) is 0 Å². The number of piperazine rings is 1. The van der Waals surface area contributed by atoms with Crippen LogP contribution in [0.4, 0.5) is 5.69 Å². The number of aliphatic hydroxyl groups is 1. The van der Waals surface area contributed by atoms with Crippen LogP contribution >= 0.6 is 0 Å². The highest BCUT2D eigenvalue weighted by atomic mass is 16.5. The Hall–Kier alpha value is -1.73. The van der Waals surface area contributed by atoms with Crippen LogP contribution in [0.1, 0.15) is 0 Å². The zero-order chi connectivity index (χ0) is 18.1. The Morgan fingerprint density at radius 1 is 1.28 bits per heavy atom. The first-order chi connectivity index (χ1) is 12.1. The van der Waals surface area contributed by atoms with E-state index in [-0.39, 0.29) is 5.91 Å². The smallest absolute Gasteiger partial charge is 0.240 e. The van der Waals surface area contributed by atoms with Crippen LogP contribution in [0, 0.1) is 0 Å². The Kier molecular flexibility index (Phi) is 8.08. The van der Waals surface area contributed by atoms with E-state index in [4.69, 9.17) is 4.74 Å². The molecule has 0 aromatic heterocycles. The lowest BCUT2D eigenvalue weighted by Crippen LogP contribution is -2.51.